The van der Waals surface area contributed by atoms with E-state index >= 15 is 0 Å². The molecule has 0 aromatic heterocycles. The van der Waals surface area contributed by atoms with Gasteiger partial charge in [-0.25, -0.2) is 0 Å². The second-order valence-corrected chi connectivity index (χ2v) is 25.6. The maximum atomic E-state index is 12.5. The molecule has 0 fully saturated rings. The lowest BCUT2D eigenvalue weighted by atomic mass is 10.0. The summed E-state index contributed by atoms with van der Waals surface area (Å²) in [5.41, 5.74) is 0. The van der Waals surface area contributed by atoms with Crippen LogP contribution in [0.25, 0.3) is 0 Å². The Morgan fingerprint density at radius 3 is 0.940 bits per heavy atom. The molecule has 0 saturated carbocycles. The van der Waals surface area contributed by atoms with Gasteiger partial charge in [-0.15, -0.1) is 0 Å². The van der Waals surface area contributed by atoms with Crippen molar-refractivity contribution in [3.8, 4) is 0 Å². The zero-order valence-electron chi connectivity index (χ0n) is 56.4. The zero-order chi connectivity index (χ0) is 60.6. The Morgan fingerprint density at radius 1 is 0.333 bits per heavy atom. The van der Waals surface area contributed by atoms with Gasteiger partial charge >= 0.3 is 5.97 Å². The molecule has 0 heterocycles. The first-order valence-electron chi connectivity index (χ1n) is 37.6. The van der Waals surface area contributed by atoms with E-state index in [0.717, 1.165) is 57.8 Å². The van der Waals surface area contributed by atoms with Gasteiger partial charge in [-0.3, -0.25) is 9.59 Å². The van der Waals surface area contributed by atoms with Gasteiger partial charge in [0.1, 0.15) is 0 Å². The number of carbonyl (C=O) groups excluding carboxylic acids is 2. The molecule has 6 heteroatoms. The first-order chi connectivity index (χ1) is 41.5. The van der Waals surface area contributed by atoms with E-state index in [4.69, 9.17) is 4.74 Å². The molecule has 0 aliphatic heterocycles. The van der Waals surface area contributed by atoms with Crippen LogP contribution < -0.4 is 5.32 Å². The Balaban J connectivity index is 3.44. The van der Waals surface area contributed by atoms with Gasteiger partial charge in [-0.1, -0.05) is 357 Å². The Hall–Kier alpha value is -2.44. The number of unbranched alkanes of at least 4 members (excludes halogenated alkanes) is 51. The Labute approximate surface area is 524 Å². The summed E-state index contributed by atoms with van der Waals surface area (Å²) in [5.74, 6) is -0.0684. The summed E-state index contributed by atoms with van der Waals surface area (Å²) in [6.45, 7) is 4.88. The summed E-state index contributed by atoms with van der Waals surface area (Å²) in [6.07, 6.45) is 97.4. The molecule has 0 bridgehead atoms. The first-order valence-corrected chi connectivity index (χ1v) is 37.6. The number of carbonyl (C=O) groups is 2. The van der Waals surface area contributed by atoms with Gasteiger partial charge in [0.25, 0.3) is 0 Å². The maximum Gasteiger partial charge on any atom is 0.305 e. The summed E-state index contributed by atoms with van der Waals surface area (Å²) in [4.78, 5) is 24.6. The molecule has 0 saturated heterocycles. The van der Waals surface area contributed by atoms with E-state index in [9.17, 15) is 19.8 Å². The summed E-state index contributed by atoms with van der Waals surface area (Å²) in [5, 5.41) is 23.3. The van der Waals surface area contributed by atoms with Gasteiger partial charge in [0, 0.05) is 12.8 Å². The lowest BCUT2D eigenvalue weighted by Crippen LogP contribution is -2.45. The van der Waals surface area contributed by atoms with Crippen molar-refractivity contribution in [3.05, 3.63) is 60.8 Å². The van der Waals surface area contributed by atoms with Crippen LogP contribution in [0.4, 0.5) is 0 Å². The van der Waals surface area contributed by atoms with Crippen LogP contribution in [0.1, 0.15) is 399 Å². The molecule has 0 radical (unpaired) electrons. The molecule has 0 aromatic rings. The lowest BCUT2D eigenvalue weighted by molar-refractivity contribution is -0.143. The summed E-state index contributed by atoms with van der Waals surface area (Å²) < 4.78 is 5.48. The highest BCUT2D eigenvalue weighted by molar-refractivity contribution is 5.76. The van der Waals surface area contributed by atoms with Crippen molar-refractivity contribution in [2.45, 2.75) is 411 Å². The number of aliphatic hydroxyl groups excluding tert-OH is 2. The number of nitrogens with one attached hydrogen (secondary N) is 1. The van der Waals surface area contributed by atoms with Crippen molar-refractivity contribution < 1.29 is 24.5 Å². The fourth-order valence-electron chi connectivity index (χ4n) is 11.5. The molecule has 2 atom stereocenters. The molecule has 6 nitrogen and oxygen atoms in total. The van der Waals surface area contributed by atoms with Gasteiger partial charge in [0.15, 0.2) is 0 Å². The molecule has 84 heavy (non-hydrogen) atoms. The first kappa shape index (κ1) is 81.6. The number of ether oxygens (including phenoxy) is 1. The predicted molar refractivity (Wildman–Crippen MR) is 370 cm³/mol. The highest BCUT2D eigenvalue weighted by Gasteiger charge is 2.18. The summed E-state index contributed by atoms with van der Waals surface area (Å²) in [7, 11) is 0. The van der Waals surface area contributed by atoms with Gasteiger partial charge in [-0.2, -0.15) is 0 Å². The SMILES string of the molecule is CCCC/C=C\C/C=C\CCCCCCCC(=O)OCCCCCCCCCCC/C=C\C/C=C\CCCCCCCCCCCCCCCC(=O)NC(CO)C(O)/C=C/CCCCCCCCCCCCCCCCCCCCCCCC. The van der Waals surface area contributed by atoms with Crippen LogP contribution in [-0.4, -0.2) is 47.4 Å². The van der Waals surface area contributed by atoms with Crippen molar-refractivity contribution >= 4 is 11.9 Å². The number of esters is 1. The third kappa shape index (κ3) is 68.7. The molecular weight excluding hydrogens is 1030 g/mol. The van der Waals surface area contributed by atoms with E-state index in [0.29, 0.717) is 19.4 Å². The standard InChI is InChI=1S/C78H145NO5/c1-3-5-7-9-11-13-15-17-19-20-21-22-23-31-34-37-40-43-46-50-54-58-62-66-70-76(81)75(74-80)79-77(82)71-67-63-59-55-51-47-44-41-38-35-32-29-27-25-24-26-28-30-33-36-39-42-45-49-53-57-61-65-69-73-84-78(83)72-68-64-60-56-52-48-18-16-14-12-10-8-6-4-2/h10,12,16,18,24,26,30,33,66,70,75-76,80-81H,3-9,11,13-15,17,19-23,25,27-29,31-32,34-65,67-69,71-74H2,1-2H3,(H,79,82)/b12-10-,18-16-,26-24-,33-30-,70-66+. The molecule has 0 aromatic carbocycles. The number of hydrogen-bond acceptors (Lipinski definition) is 5. The third-order valence-electron chi connectivity index (χ3n) is 17.3. The van der Waals surface area contributed by atoms with Crippen LogP contribution in [0, 0.1) is 0 Å². The maximum absolute atomic E-state index is 12.5. The minimum Gasteiger partial charge on any atom is -0.466 e. The molecular formula is C78H145NO5. The molecule has 0 aliphatic rings. The highest BCUT2D eigenvalue weighted by atomic mass is 16.5. The number of allylic oxidation sites excluding steroid dienone is 9. The summed E-state index contributed by atoms with van der Waals surface area (Å²) in [6, 6.07) is -0.631. The van der Waals surface area contributed by atoms with Crippen LogP contribution in [0.3, 0.4) is 0 Å². The van der Waals surface area contributed by atoms with Gasteiger partial charge in [-0.05, 0) is 89.9 Å². The van der Waals surface area contributed by atoms with E-state index in [1.807, 2.05) is 6.08 Å². The van der Waals surface area contributed by atoms with Crippen molar-refractivity contribution in [2.24, 2.45) is 0 Å². The van der Waals surface area contributed by atoms with E-state index in [2.05, 4.69) is 67.8 Å². The molecule has 1 amide bonds. The number of amides is 1. The molecule has 492 valence electrons. The van der Waals surface area contributed by atoms with Crippen molar-refractivity contribution in [1.82, 2.24) is 5.32 Å². The van der Waals surface area contributed by atoms with Crippen LogP contribution in [0.5, 0.6) is 0 Å². The second kappa shape index (κ2) is 73.0. The molecule has 0 aliphatic carbocycles. The summed E-state index contributed by atoms with van der Waals surface area (Å²) >= 11 is 0. The Bertz CT molecular complexity index is 1450. The van der Waals surface area contributed by atoms with Gasteiger partial charge < -0.3 is 20.3 Å². The monoisotopic (exact) mass is 1180 g/mol. The smallest absolute Gasteiger partial charge is 0.305 e. The van der Waals surface area contributed by atoms with Crippen LogP contribution in [0.15, 0.2) is 60.8 Å². The fraction of sp³-hybridized carbons (Fsp3) is 0.846. The van der Waals surface area contributed by atoms with Crippen molar-refractivity contribution in [2.75, 3.05) is 13.2 Å². The van der Waals surface area contributed by atoms with E-state index in [-0.39, 0.29) is 18.5 Å². The Morgan fingerprint density at radius 2 is 0.607 bits per heavy atom. The molecule has 2 unspecified atom stereocenters. The van der Waals surface area contributed by atoms with Crippen LogP contribution >= 0.6 is 0 Å². The van der Waals surface area contributed by atoms with E-state index in [1.165, 1.54) is 315 Å². The van der Waals surface area contributed by atoms with Crippen LogP contribution in [0.2, 0.25) is 0 Å². The van der Waals surface area contributed by atoms with Gasteiger partial charge in [0.2, 0.25) is 5.91 Å². The lowest BCUT2D eigenvalue weighted by Gasteiger charge is -2.20. The van der Waals surface area contributed by atoms with Crippen LogP contribution in [-0.2, 0) is 14.3 Å². The van der Waals surface area contributed by atoms with Gasteiger partial charge in [0.05, 0.1) is 25.4 Å². The average molecular weight is 1180 g/mol. The molecule has 3 N–H and O–H groups in total. The average Bonchev–Trinajstić information content (AvgIpc) is 3.51. The largest absolute Gasteiger partial charge is 0.466 e. The van der Waals surface area contributed by atoms with E-state index in [1.54, 1.807) is 6.08 Å². The quantitative estimate of drug-likeness (QED) is 0.0320. The number of aliphatic hydroxyl groups is 2. The minimum absolute atomic E-state index is 0.00296. The van der Waals surface area contributed by atoms with Crippen molar-refractivity contribution in [3.63, 3.8) is 0 Å². The number of rotatable bonds is 70. The predicted octanol–water partition coefficient (Wildman–Crippen LogP) is 24.6. The number of hydrogen-bond donors (Lipinski definition) is 3. The normalized spacial score (nSPS) is 12.9. The second-order valence-electron chi connectivity index (χ2n) is 25.6. The topological polar surface area (TPSA) is 95.9 Å². The Kier molecular flexibility index (Phi) is 70.9. The fourth-order valence-corrected chi connectivity index (χ4v) is 11.5. The minimum atomic E-state index is -0.848. The van der Waals surface area contributed by atoms with E-state index < -0.39 is 12.1 Å². The molecule has 0 spiro atoms. The van der Waals surface area contributed by atoms with Crippen molar-refractivity contribution in [1.29, 1.82) is 0 Å². The highest BCUT2D eigenvalue weighted by Crippen LogP contribution is 2.18. The zero-order valence-corrected chi connectivity index (χ0v) is 56.4. The molecule has 0 rings (SSSR count). The third-order valence-corrected chi connectivity index (χ3v) is 17.3.